The van der Waals surface area contributed by atoms with E-state index in [1.165, 1.54) is 62.7 Å². The highest BCUT2D eigenvalue weighted by Crippen LogP contribution is 2.27. The first-order valence-corrected chi connectivity index (χ1v) is 12.5. The molecule has 1 aromatic heterocycles. The first kappa shape index (κ1) is 23.4. The van der Waals surface area contributed by atoms with Gasteiger partial charge in [0.05, 0.1) is 12.7 Å². The van der Waals surface area contributed by atoms with E-state index in [9.17, 15) is 0 Å². The minimum Gasteiger partial charge on any atom is -0.374 e. The third kappa shape index (κ3) is 7.18. The van der Waals surface area contributed by atoms with Gasteiger partial charge in [0, 0.05) is 28.5 Å². The SMILES string of the molecule is CCC(CCC(C)N1CCCCCCC1)OCc1ccc(-c2cnccc2Br)cc1. The number of likely N-dealkylation sites (tertiary alicyclic amines) is 1. The van der Waals surface area contributed by atoms with Gasteiger partial charge >= 0.3 is 0 Å². The Morgan fingerprint density at radius 2 is 1.70 bits per heavy atom. The molecule has 1 aromatic carbocycles. The molecule has 2 atom stereocenters. The fourth-order valence-electron chi connectivity index (χ4n) is 4.31. The summed E-state index contributed by atoms with van der Waals surface area (Å²) in [7, 11) is 0. The Hall–Kier alpha value is -1.23. The van der Waals surface area contributed by atoms with Crippen LogP contribution in [-0.4, -0.2) is 35.1 Å². The van der Waals surface area contributed by atoms with E-state index in [1.54, 1.807) is 6.20 Å². The van der Waals surface area contributed by atoms with E-state index in [1.807, 2.05) is 12.3 Å². The van der Waals surface area contributed by atoms with Crippen molar-refractivity contribution in [3.05, 3.63) is 52.8 Å². The molecule has 4 heteroatoms. The number of hydrogen-bond acceptors (Lipinski definition) is 3. The summed E-state index contributed by atoms with van der Waals surface area (Å²) in [5.74, 6) is 0. The Labute approximate surface area is 191 Å². The van der Waals surface area contributed by atoms with Crippen LogP contribution in [0.1, 0.15) is 70.8 Å². The van der Waals surface area contributed by atoms with Crippen LogP contribution in [0.25, 0.3) is 11.1 Å². The fourth-order valence-corrected chi connectivity index (χ4v) is 4.76. The average molecular weight is 473 g/mol. The van der Waals surface area contributed by atoms with Crippen LogP contribution >= 0.6 is 15.9 Å². The Balaban J connectivity index is 1.46. The number of hydrogen-bond donors (Lipinski definition) is 0. The minimum absolute atomic E-state index is 0.342. The first-order chi connectivity index (χ1) is 14.7. The predicted octanol–water partition coefficient (Wildman–Crippen LogP) is 7.24. The van der Waals surface area contributed by atoms with Gasteiger partial charge in [-0.05, 0) is 69.3 Å². The highest BCUT2D eigenvalue weighted by Gasteiger charge is 2.17. The highest BCUT2D eigenvalue weighted by molar-refractivity contribution is 9.10. The van der Waals surface area contributed by atoms with Crippen molar-refractivity contribution in [1.82, 2.24) is 9.88 Å². The summed E-state index contributed by atoms with van der Waals surface area (Å²) in [4.78, 5) is 6.94. The smallest absolute Gasteiger partial charge is 0.0720 e. The molecule has 2 heterocycles. The zero-order valence-electron chi connectivity index (χ0n) is 18.7. The van der Waals surface area contributed by atoms with E-state index in [0.29, 0.717) is 18.8 Å². The van der Waals surface area contributed by atoms with Crippen LogP contribution < -0.4 is 0 Å². The molecule has 0 radical (unpaired) electrons. The number of ether oxygens (including phenoxy) is 1. The molecule has 3 nitrogen and oxygen atoms in total. The van der Waals surface area contributed by atoms with Gasteiger partial charge < -0.3 is 9.64 Å². The first-order valence-electron chi connectivity index (χ1n) is 11.7. The molecule has 0 saturated carbocycles. The van der Waals surface area contributed by atoms with E-state index in [0.717, 1.165) is 22.9 Å². The van der Waals surface area contributed by atoms with Crippen LogP contribution in [-0.2, 0) is 11.3 Å². The third-order valence-corrected chi connectivity index (χ3v) is 7.09. The number of aromatic nitrogens is 1. The van der Waals surface area contributed by atoms with Gasteiger partial charge in [-0.15, -0.1) is 0 Å². The summed E-state index contributed by atoms with van der Waals surface area (Å²) in [6.45, 7) is 7.89. The predicted molar refractivity (Wildman–Crippen MR) is 130 cm³/mol. The van der Waals surface area contributed by atoms with Gasteiger partial charge in [-0.2, -0.15) is 0 Å². The topological polar surface area (TPSA) is 25.4 Å². The standard InChI is InChI=1S/C26H37BrN2O/c1-3-24(14-9-21(2)29-17-7-5-4-6-8-18-29)30-20-22-10-12-23(13-11-22)25-19-28-16-15-26(25)27/h10-13,15-16,19,21,24H,3-9,14,17-18,20H2,1-2H3. The Kier molecular flexibility index (Phi) is 9.83. The molecule has 0 N–H and O–H groups in total. The minimum atomic E-state index is 0.342. The maximum atomic E-state index is 6.29. The highest BCUT2D eigenvalue weighted by atomic mass is 79.9. The molecule has 2 unspecified atom stereocenters. The second-order valence-electron chi connectivity index (χ2n) is 8.62. The van der Waals surface area contributed by atoms with E-state index >= 15 is 0 Å². The lowest BCUT2D eigenvalue weighted by atomic mass is 10.0. The lowest BCUT2D eigenvalue weighted by Gasteiger charge is -2.31. The number of halogens is 1. The molecule has 0 bridgehead atoms. The number of pyridine rings is 1. The molecule has 164 valence electrons. The second-order valence-corrected chi connectivity index (χ2v) is 9.48. The molecule has 1 fully saturated rings. The van der Waals surface area contributed by atoms with Crippen LogP contribution in [0, 0.1) is 0 Å². The zero-order valence-corrected chi connectivity index (χ0v) is 20.2. The molecular formula is C26H37BrN2O. The molecule has 1 aliphatic heterocycles. The fraction of sp³-hybridized carbons (Fsp3) is 0.577. The summed E-state index contributed by atoms with van der Waals surface area (Å²) < 4.78 is 7.36. The number of nitrogens with zero attached hydrogens (tertiary/aromatic N) is 2. The van der Waals surface area contributed by atoms with Crippen LogP contribution in [0.4, 0.5) is 0 Å². The van der Waals surface area contributed by atoms with Gasteiger partial charge in [-0.25, -0.2) is 0 Å². The molecule has 0 spiro atoms. The van der Waals surface area contributed by atoms with Crippen LogP contribution in [0.3, 0.4) is 0 Å². The third-order valence-electron chi connectivity index (χ3n) is 6.39. The average Bonchev–Trinajstić information content (AvgIpc) is 2.74. The van der Waals surface area contributed by atoms with Crippen molar-refractivity contribution in [1.29, 1.82) is 0 Å². The van der Waals surface area contributed by atoms with Crippen molar-refractivity contribution in [3.8, 4) is 11.1 Å². The van der Waals surface area contributed by atoms with E-state index in [2.05, 4.69) is 63.9 Å². The molecular weight excluding hydrogens is 436 g/mol. The molecule has 0 amide bonds. The maximum absolute atomic E-state index is 6.29. The van der Waals surface area contributed by atoms with E-state index < -0.39 is 0 Å². The number of benzene rings is 1. The summed E-state index contributed by atoms with van der Waals surface area (Å²) in [5, 5.41) is 0. The van der Waals surface area contributed by atoms with Gasteiger partial charge in [0.15, 0.2) is 0 Å². The lowest BCUT2D eigenvalue weighted by Crippen LogP contribution is -2.36. The molecule has 1 aliphatic rings. The molecule has 0 aliphatic carbocycles. The Bertz CT molecular complexity index is 741. The maximum Gasteiger partial charge on any atom is 0.0720 e. The lowest BCUT2D eigenvalue weighted by molar-refractivity contribution is 0.0256. The van der Waals surface area contributed by atoms with E-state index in [4.69, 9.17) is 4.74 Å². The van der Waals surface area contributed by atoms with Crippen LogP contribution in [0.15, 0.2) is 47.2 Å². The Morgan fingerprint density at radius 1 is 1.00 bits per heavy atom. The van der Waals surface area contributed by atoms with Gasteiger partial charge in [0.25, 0.3) is 0 Å². The summed E-state index contributed by atoms with van der Waals surface area (Å²) >= 11 is 3.61. The van der Waals surface area contributed by atoms with Crippen molar-refractivity contribution in [2.24, 2.45) is 0 Å². The molecule has 2 aromatic rings. The van der Waals surface area contributed by atoms with Crippen molar-refractivity contribution in [3.63, 3.8) is 0 Å². The zero-order chi connectivity index (χ0) is 21.2. The van der Waals surface area contributed by atoms with Gasteiger partial charge in [-0.3, -0.25) is 4.98 Å². The second kappa shape index (κ2) is 12.6. The quantitative estimate of drug-likeness (QED) is 0.384. The number of rotatable bonds is 9. The van der Waals surface area contributed by atoms with Crippen LogP contribution in [0.5, 0.6) is 0 Å². The largest absolute Gasteiger partial charge is 0.374 e. The van der Waals surface area contributed by atoms with Crippen molar-refractivity contribution in [2.45, 2.75) is 84.0 Å². The van der Waals surface area contributed by atoms with Gasteiger partial charge in [0.2, 0.25) is 0 Å². The molecule has 3 rings (SSSR count). The van der Waals surface area contributed by atoms with Crippen molar-refractivity contribution >= 4 is 15.9 Å². The van der Waals surface area contributed by atoms with E-state index in [-0.39, 0.29) is 0 Å². The Morgan fingerprint density at radius 3 is 2.37 bits per heavy atom. The van der Waals surface area contributed by atoms with Crippen molar-refractivity contribution < 1.29 is 4.74 Å². The van der Waals surface area contributed by atoms with Gasteiger partial charge in [0.1, 0.15) is 0 Å². The normalized spacial score (nSPS) is 17.8. The van der Waals surface area contributed by atoms with Crippen LogP contribution in [0.2, 0.25) is 0 Å². The summed E-state index contributed by atoms with van der Waals surface area (Å²) in [6.07, 6.45) is 14.5. The van der Waals surface area contributed by atoms with Gasteiger partial charge in [-0.1, -0.05) is 66.4 Å². The summed E-state index contributed by atoms with van der Waals surface area (Å²) in [5.41, 5.74) is 3.52. The monoisotopic (exact) mass is 472 g/mol. The molecule has 1 saturated heterocycles. The summed E-state index contributed by atoms with van der Waals surface area (Å²) in [6, 6.07) is 11.3. The van der Waals surface area contributed by atoms with Crippen molar-refractivity contribution in [2.75, 3.05) is 13.1 Å². The molecule has 30 heavy (non-hydrogen) atoms.